The number of hydrogen-bond acceptors (Lipinski definition) is 5. The van der Waals surface area contributed by atoms with E-state index in [1.807, 2.05) is 6.07 Å². The first kappa shape index (κ1) is 14.8. The van der Waals surface area contributed by atoms with E-state index < -0.39 is 11.2 Å². The van der Waals surface area contributed by atoms with E-state index in [4.69, 9.17) is 20.6 Å². The van der Waals surface area contributed by atoms with Crippen LogP contribution in [0.1, 0.15) is 29.5 Å². The summed E-state index contributed by atoms with van der Waals surface area (Å²) < 4.78 is 17.8. The van der Waals surface area contributed by atoms with Crippen LogP contribution in [0.2, 0.25) is 0 Å². The molecule has 1 spiro atoms. The molecule has 0 aromatic heterocycles. The van der Waals surface area contributed by atoms with Crippen molar-refractivity contribution in [3.05, 3.63) is 40.7 Å². The maximum atomic E-state index is 10.3. The lowest BCUT2D eigenvalue weighted by Crippen LogP contribution is -2.54. The topological polar surface area (TPSA) is 71.7 Å². The Morgan fingerprint density at radius 2 is 2.04 bits per heavy atom. The van der Waals surface area contributed by atoms with Crippen molar-refractivity contribution < 1.29 is 19.3 Å². The molecule has 5 nitrogen and oxygen atoms in total. The molecule has 0 unspecified atom stereocenters. The molecule has 2 fully saturated rings. The van der Waals surface area contributed by atoms with E-state index >= 15 is 0 Å². The average molecular weight is 335 g/mol. The smallest absolute Gasteiger partial charge is 0.194 e. The predicted molar refractivity (Wildman–Crippen MR) is 87.4 cm³/mol. The average Bonchev–Trinajstić information content (AvgIpc) is 3.27. The van der Waals surface area contributed by atoms with E-state index in [1.165, 1.54) is 0 Å². The highest BCUT2D eigenvalue weighted by atomic mass is 16.7. The van der Waals surface area contributed by atoms with Gasteiger partial charge in [0.15, 0.2) is 5.79 Å². The van der Waals surface area contributed by atoms with Gasteiger partial charge in [-0.2, -0.15) is 5.26 Å². The molecule has 3 atom stereocenters. The zero-order valence-corrected chi connectivity index (χ0v) is 13.6. The van der Waals surface area contributed by atoms with Gasteiger partial charge in [0.05, 0.1) is 36.5 Å². The molecule has 5 rings (SSSR count). The van der Waals surface area contributed by atoms with E-state index in [9.17, 15) is 10.4 Å². The molecule has 1 saturated heterocycles. The Bertz CT molecular complexity index is 884. The van der Waals surface area contributed by atoms with Crippen molar-refractivity contribution in [2.45, 2.75) is 36.6 Å². The number of phenols is 1. The van der Waals surface area contributed by atoms with Gasteiger partial charge < -0.3 is 19.3 Å². The third-order valence-electron chi connectivity index (χ3n) is 6.13. The maximum Gasteiger partial charge on any atom is 0.194 e. The molecule has 2 aliphatic heterocycles. The highest BCUT2D eigenvalue weighted by molar-refractivity contribution is 5.57. The molecule has 4 aliphatic rings. The van der Waals surface area contributed by atoms with E-state index in [1.54, 1.807) is 12.3 Å². The fourth-order valence-electron chi connectivity index (χ4n) is 5.05. The fraction of sp³-hybridized carbons (Fsp3) is 0.450. The van der Waals surface area contributed by atoms with Gasteiger partial charge in [-0.05, 0) is 29.7 Å². The normalized spacial score (nSPS) is 33.6. The van der Waals surface area contributed by atoms with Crippen LogP contribution in [0, 0.1) is 29.6 Å². The van der Waals surface area contributed by atoms with Gasteiger partial charge in [0.1, 0.15) is 11.9 Å². The van der Waals surface area contributed by atoms with Crippen molar-refractivity contribution in [2.75, 3.05) is 13.2 Å². The Hall–Kier alpha value is -2.47. The molecule has 1 aromatic carbocycles. The first-order valence-electron chi connectivity index (χ1n) is 8.52. The largest absolute Gasteiger partial charge is 0.507 e. The molecule has 1 saturated carbocycles. The molecular weight excluding hydrogens is 318 g/mol. The minimum absolute atomic E-state index is 0.0485. The molecule has 2 aliphatic carbocycles. The van der Waals surface area contributed by atoms with Gasteiger partial charge in [-0.15, -0.1) is 6.42 Å². The van der Waals surface area contributed by atoms with E-state index in [-0.39, 0.29) is 17.8 Å². The second kappa shape index (κ2) is 4.79. The highest BCUT2D eigenvalue weighted by Crippen LogP contribution is 2.60. The lowest BCUT2D eigenvalue weighted by Gasteiger charge is -2.49. The van der Waals surface area contributed by atoms with Crippen LogP contribution in [0.3, 0.4) is 0 Å². The molecule has 0 bridgehead atoms. The Labute approximate surface area is 145 Å². The fourth-order valence-corrected chi connectivity index (χ4v) is 5.05. The molecule has 0 radical (unpaired) electrons. The van der Waals surface area contributed by atoms with E-state index in [2.05, 4.69) is 12.0 Å². The van der Waals surface area contributed by atoms with Crippen molar-refractivity contribution in [1.29, 1.82) is 5.26 Å². The Kier molecular flexibility index (Phi) is 2.84. The Morgan fingerprint density at radius 3 is 2.76 bits per heavy atom. The maximum absolute atomic E-state index is 10.3. The summed E-state index contributed by atoms with van der Waals surface area (Å²) in [6.07, 6.45) is 8.92. The van der Waals surface area contributed by atoms with Crippen molar-refractivity contribution >= 4 is 0 Å². The molecule has 2 heterocycles. The van der Waals surface area contributed by atoms with Crippen LogP contribution in [0.5, 0.6) is 5.75 Å². The molecule has 5 heteroatoms. The third-order valence-corrected chi connectivity index (χ3v) is 6.13. The van der Waals surface area contributed by atoms with Crippen molar-refractivity contribution in [2.24, 2.45) is 5.92 Å². The number of rotatable bonds is 0. The first-order valence-corrected chi connectivity index (χ1v) is 8.52. The van der Waals surface area contributed by atoms with Gasteiger partial charge in [0, 0.05) is 24.3 Å². The van der Waals surface area contributed by atoms with Crippen molar-refractivity contribution in [1.82, 2.24) is 0 Å². The summed E-state index contributed by atoms with van der Waals surface area (Å²) in [5, 5.41) is 20.5. The first-order chi connectivity index (χ1) is 12.1. The summed E-state index contributed by atoms with van der Waals surface area (Å²) >= 11 is 0. The Balaban J connectivity index is 1.70. The zero-order chi connectivity index (χ0) is 17.2. The number of aromatic hydroxyl groups is 1. The number of hydrogen-bond donors (Lipinski definition) is 1. The second-order valence-electron chi connectivity index (χ2n) is 7.13. The minimum Gasteiger partial charge on any atom is -0.507 e. The van der Waals surface area contributed by atoms with Crippen molar-refractivity contribution in [3.63, 3.8) is 0 Å². The number of phenolic OH excluding ortho intramolecular Hbond substituents is 1. The third kappa shape index (κ3) is 1.70. The minimum atomic E-state index is -0.758. The number of fused-ring (bicyclic) bond motifs is 3. The van der Waals surface area contributed by atoms with Crippen LogP contribution in [0.4, 0.5) is 0 Å². The SMILES string of the molecule is C#Cc1cc2c(cc1O)[C@]1(C#N)CCC3(OCCO3)C3=CO[C@H](C2)[C@@H]31. The summed E-state index contributed by atoms with van der Waals surface area (Å²) in [7, 11) is 0. The summed E-state index contributed by atoms with van der Waals surface area (Å²) in [5.41, 5.74) is 2.45. The molecule has 1 aromatic rings. The quantitative estimate of drug-likeness (QED) is 0.736. The summed E-state index contributed by atoms with van der Waals surface area (Å²) in [5.74, 6) is 1.67. The lowest BCUT2D eigenvalue weighted by atomic mass is 9.54. The summed E-state index contributed by atoms with van der Waals surface area (Å²) in [6.45, 7) is 1.11. The van der Waals surface area contributed by atoms with Gasteiger partial charge in [0.25, 0.3) is 0 Å². The lowest BCUT2D eigenvalue weighted by molar-refractivity contribution is -0.154. The van der Waals surface area contributed by atoms with E-state index in [0.29, 0.717) is 38.0 Å². The van der Waals surface area contributed by atoms with Crippen LogP contribution < -0.4 is 0 Å². The highest BCUT2D eigenvalue weighted by Gasteiger charge is 2.63. The van der Waals surface area contributed by atoms with Crippen LogP contribution in [0.25, 0.3) is 0 Å². The Morgan fingerprint density at radius 1 is 1.24 bits per heavy atom. The second-order valence-corrected chi connectivity index (χ2v) is 7.13. The van der Waals surface area contributed by atoms with Gasteiger partial charge in [-0.1, -0.05) is 5.92 Å². The molecule has 126 valence electrons. The van der Waals surface area contributed by atoms with Crippen molar-refractivity contribution in [3.8, 4) is 24.2 Å². The van der Waals surface area contributed by atoms with Gasteiger partial charge >= 0.3 is 0 Å². The van der Waals surface area contributed by atoms with Crippen LogP contribution in [0.15, 0.2) is 24.0 Å². The molecule has 25 heavy (non-hydrogen) atoms. The number of nitrogens with zero attached hydrogens (tertiary/aromatic N) is 1. The van der Waals surface area contributed by atoms with Gasteiger partial charge in [0.2, 0.25) is 0 Å². The molecular formula is C20H17NO4. The predicted octanol–water partition coefficient (Wildman–Crippen LogP) is 2.13. The zero-order valence-electron chi connectivity index (χ0n) is 13.6. The molecule has 0 amide bonds. The van der Waals surface area contributed by atoms with Crippen LogP contribution in [-0.4, -0.2) is 30.2 Å². The monoisotopic (exact) mass is 335 g/mol. The number of ether oxygens (including phenoxy) is 3. The standard InChI is InChI=1S/C20H17NO4/c1-2-12-7-13-8-17-18-15(10-23-17)20(24-5-6-25-20)4-3-19(18,11-21)14(13)9-16(12)22/h1,7,9-10,17-18,22H,3-6,8H2/t17-,18-,19-/m1/s1. The van der Waals surface area contributed by atoms with Gasteiger partial charge in [-0.3, -0.25) is 0 Å². The van der Waals surface area contributed by atoms with Crippen LogP contribution >= 0.6 is 0 Å². The van der Waals surface area contributed by atoms with Crippen LogP contribution in [-0.2, 0) is 26.0 Å². The number of nitriles is 1. The summed E-state index contributed by atoms with van der Waals surface area (Å²) in [6, 6.07) is 6.04. The van der Waals surface area contributed by atoms with E-state index in [0.717, 1.165) is 16.7 Å². The molecule has 1 N–H and O–H groups in total. The number of benzene rings is 1. The van der Waals surface area contributed by atoms with Gasteiger partial charge in [-0.25, -0.2) is 0 Å². The summed E-state index contributed by atoms with van der Waals surface area (Å²) in [4.78, 5) is 0. The number of terminal acetylenes is 1.